The topological polar surface area (TPSA) is 77.5 Å². The van der Waals surface area contributed by atoms with Crippen molar-refractivity contribution in [1.29, 1.82) is 0 Å². The highest BCUT2D eigenvalue weighted by atomic mass is 35.5. The number of carbonyl (C=O) groups is 2. The highest BCUT2D eigenvalue weighted by Crippen LogP contribution is 2.26. The minimum Gasteiger partial charge on any atom is -0.492 e. The fourth-order valence-corrected chi connectivity index (χ4v) is 3.34. The molecule has 0 bridgehead atoms. The van der Waals surface area contributed by atoms with E-state index >= 15 is 0 Å². The van der Waals surface area contributed by atoms with E-state index in [9.17, 15) is 9.59 Å². The summed E-state index contributed by atoms with van der Waals surface area (Å²) in [7, 11) is 0. The standard InChI is InChI=1S/C20H17ClN2O4S/c1-2-26-17-9-4-3-8-15(17)22-18(24)11-27-20(25)16-12-28-19(23-16)13-6-5-7-14(21)10-13/h3-10,12H,2,11H2,1H3,(H,22,24). The highest BCUT2D eigenvalue weighted by Gasteiger charge is 2.16. The number of hydrogen-bond donors (Lipinski definition) is 1. The fraction of sp³-hybridized carbons (Fsp3) is 0.150. The number of benzene rings is 2. The Balaban J connectivity index is 1.58. The first kappa shape index (κ1) is 19.9. The summed E-state index contributed by atoms with van der Waals surface area (Å²) in [5.74, 6) is -0.584. The van der Waals surface area contributed by atoms with Crippen LogP contribution in [0.1, 0.15) is 17.4 Å². The average Bonchev–Trinajstić information content (AvgIpc) is 3.18. The van der Waals surface area contributed by atoms with Crippen molar-refractivity contribution in [2.45, 2.75) is 6.92 Å². The van der Waals surface area contributed by atoms with Gasteiger partial charge in [-0.3, -0.25) is 4.79 Å². The molecule has 0 saturated carbocycles. The fourth-order valence-electron chi connectivity index (χ4n) is 2.36. The minimum atomic E-state index is -0.669. The van der Waals surface area contributed by atoms with Gasteiger partial charge in [0.1, 0.15) is 10.8 Å². The molecule has 28 heavy (non-hydrogen) atoms. The number of ether oxygens (including phenoxy) is 2. The van der Waals surface area contributed by atoms with Crippen LogP contribution in [0.15, 0.2) is 53.9 Å². The van der Waals surface area contributed by atoms with E-state index < -0.39 is 18.5 Å². The largest absolute Gasteiger partial charge is 0.492 e. The van der Waals surface area contributed by atoms with Crippen LogP contribution in [0.3, 0.4) is 0 Å². The van der Waals surface area contributed by atoms with E-state index in [0.29, 0.717) is 28.1 Å². The molecule has 0 aliphatic rings. The molecule has 8 heteroatoms. The Morgan fingerprint density at radius 1 is 1.18 bits per heavy atom. The Morgan fingerprint density at radius 3 is 2.79 bits per heavy atom. The van der Waals surface area contributed by atoms with Gasteiger partial charge in [0.05, 0.1) is 12.3 Å². The van der Waals surface area contributed by atoms with Crippen molar-refractivity contribution < 1.29 is 19.1 Å². The second-order valence-corrected chi connectivity index (χ2v) is 6.90. The molecular formula is C20H17ClN2O4S. The van der Waals surface area contributed by atoms with Gasteiger partial charge in [0.2, 0.25) is 0 Å². The van der Waals surface area contributed by atoms with Gasteiger partial charge in [-0.15, -0.1) is 11.3 Å². The van der Waals surface area contributed by atoms with E-state index in [1.807, 2.05) is 19.1 Å². The molecule has 6 nitrogen and oxygen atoms in total. The summed E-state index contributed by atoms with van der Waals surface area (Å²) in [6.07, 6.45) is 0. The van der Waals surface area contributed by atoms with Gasteiger partial charge in [0.25, 0.3) is 5.91 Å². The van der Waals surface area contributed by atoms with Crippen LogP contribution in [0.5, 0.6) is 5.75 Å². The van der Waals surface area contributed by atoms with Gasteiger partial charge in [0, 0.05) is 16.0 Å². The number of aromatic nitrogens is 1. The molecular weight excluding hydrogens is 400 g/mol. The number of esters is 1. The van der Waals surface area contributed by atoms with Crippen molar-refractivity contribution in [3.63, 3.8) is 0 Å². The first-order valence-electron chi connectivity index (χ1n) is 8.47. The number of hydrogen-bond acceptors (Lipinski definition) is 6. The van der Waals surface area contributed by atoms with Crippen LogP contribution in [0.2, 0.25) is 5.02 Å². The first-order valence-corrected chi connectivity index (χ1v) is 9.73. The number of amides is 1. The zero-order valence-corrected chi connectivity index (χ0v) is 16.5. The molecule has 3 rings (SSSR count). The maximum Gasteiger partial charge on any atom is 0.358 e. The number of nitrogens with one attached hydrogen (secondary N) is 1. The Morgan fingerprint density at radius 2 is 2.00 bits per heavy atom. The Kier molecular flexibility index (Phi) is 6.62. The predicted octanol–water partition coefficient (Wildman–Crippen LogP) is 4.66. The molecule has 0 radical (unpaired) electrons. The predicted molar refractivity (Wildman–Crippen MR) is 109 cm³/mol. The van der Waals surface area contributed by atoms with Crippen molar-refractivity contribution in [1.82, 2.24) is 4.98 Å². The Bertz CT molecular complexity index is 990. The van der Waals surface area contributed by atoms with Gasteiger partial charge in [-0.1, -0.05) is 35.9 Å². The molecule has 0 unspecified atom stereocenters. The number of rotatable bonds is 7. The van der Waals surface area contributed by atoms with Gasteiger partial charge in [0.15, 0.2) is 12.3 Å². The quantitative estimate of drug-likeness (QED) is 0.567. The molecule has 1 heterocycles. The molecule has 2 aromatic carbocycles. The molecule has 1 N–H and O–H groups in total. The number of halogens is 1. The second kappa shape index (κ2) is 9.34. The number of para-hydroxylation sites is 2. The maximum atomic E-state index is 12.2. The summed E-state index contributed by atoms with van der Waals surface area (Å²) in [6, 6.07) is 14.2. The maximum absolute atomic E-state index is 12.2. The van der Waals surface area contributed by atoms with Gasteiger partial charge >= 0.3 is 5.97 Å². The molecule has 1 aromatic heterocycles. The highest BCUT2D eigenvalue weighted by molar-refractivity contribution is 7.13. The van der Waals surface area contributed by atoms with E-state index in [-0.39, 0.29) is 5.69 Å². The smallest absolute Gasteiger partial charge is 0.358 e. The summed E-state index contributed by atoms with van der Waals surface area (Å²) >= 11 is 7.27. The minimum absolute atomic E-state index is 0.141. The number of carbonyl (C=O) groups excluding carboxylic acids is 2. The van der Waals surface area contributed by atoms with Gasteiger partial charge in [-0.05, 0) is 31.2 Å². The third kappa shape index (κ3) is 5.09. The van der Waals surface area contributed by atoms with Crippen LogP contribution in [-0.4, -0.2) is 30.1 Å². The van der Waals surface area contributed by atoms with Crippen LogP contribution in [0, 0.1) is 0 Å². The van der Waals surface area contributed by atoms with Gasteiger partial charge in [-0.25, -0.2) is 9.78 Å². The molecule has 144 valence electrons. The molecule has 0 aliphatic heterocycles. The lowest BCUT2D eigenvalue weighted by Crippen LogP contribution is -2.21. The first-order chi connectivity index (χ1) is 13.6. The zero-order valence-electron chi connectivity index (χ0n) is 15.0. The lowest BCUT2D eigenvalue weighted by Gasteiger charge is -2.11. The lowest BCUT2D eigenvalue weighted by atomic mass is 10.2. The molecule has 0 spiro atoms. The molecule has 0 atom stereocenters. The molecule has 0 aliphatic carbocycles. The van der Waals surface area contributed by atoms with Crippen molar-refractivity contribution >= 4 is 40.5 Å². The molecule has 1 amide bonds. The average molecular weight is 417 g/mol. The second-order valence-electron chi connectivity index (χ2n) is 5.60. The summed E-state index contributed by atoms with van der Waals surface area (Å²) < 4.78 is 10.5. The number of anilines is 1. The van der Waals surface area contributed by atoms with Crippen LogP contribution >= 0.6 is 22.9 Å². The van der Waals surface area contributed by atoms with Gasteiger partial charge < -0.3 is 14.8 Å². The summed E-state index contributed by atoms with van der Waals surface area (Å²) in [6.45, 7) is 1.90. The molecule has 0 saturated heterocycles. The third-order valence-corrected chi connectivity index (χ3v) is 4.71. The monoisotopic (exact) mass is 416 g/mol. The van der Waals surface area contributed by atoms with Crippen molar-refractivity contribution in [3.05, 3.63) is 64.6 Å². The van der Waals surface area contributed by atoms with Crippen molar-refractivity contribution in [3.8, 4) is 16.3 Å². The van der Waals surface area contributed by atoms with Crippen LogP contribution < -0.4 is 10.1 Å². The summed E-state index contributed by atoms with van der Waals surface area (Å²) in [5, 5.41) is 5.48. The zero-order chi connectivity index (χ0) is 19.9. The van der Waals surface area contributed by atoms with Crippen molar-refractivity contribution in [2.75, 3.05) is 18.5 Å². The lowest BCUT2D eigenvalue weighted by molar-refractivity contribution is -0.119. The normalized spacial score (nSPS) is 10.4. The van der Waals surface area contributed by atoms with E-state index in [4.69, 9.17) is 21.1 Å². The number of thiazole rings is 1. The van der Waals surface area contributed by atoms with Crippen LogP contribution in [0.4, 0.5) is 5.69 Å². The Labute approximate surface area is 171 Å². The molecule has 0 fully saturated rings. The number of nitrogens with zero attached hydrogens (tertiary/aromatic N) is 1. The third-order valence-electron chi connectivity index (χ3n) is 3.58. The van der Waals surface area contributed by atoms with Crippen LogP contribution in [-0.2, 0) is 9.53 Å². The summed E-state index contributed by atoms with van der Waals surface area (Å²) in [4.78, 5) is 28.5. The Hall–Kier alpha value is -2.90. The van der Waals surface area contributed by atoms with Crippen molar-refractivity contribution in [2.24, 2.45) is 0 Å². The van der Waals surface area contributed by atoms with E-state index in [1.165, 1.54) is 11.3 Å². The SMILES string of the molecule is CCOc1ccccc1NC(=O)COC(=O)c1csc(-c2cccc(Cl)c2)n1. The summed E-state index contributed by atoms with van der Waals surface area (Å²) in [5.41, 5.74) is 1.46. The molecule has 3 aromatic rings. The van der Waals surface area contributed by atoms with E-state index in [1.54, 1.807) is 41.8 Å². The van der Waals surface area contributed by atoms with E-state index in [0.717, 1.165) is 5.56 Å². The van der Waals surface area contributed by atoms with Crippen LogP contribution in [0.25, 0.3) is 10.6 Å². The van der Waals surface area contributed by atoms with E-state index in [2.05, 4.69) is 10.3 Å². The van der Waals surface area contributed by atoms with Gasteiger partial charge in [-0.2, -0.15) is 0 Å².